The smallest absolute Gasteiger partial charge is 0.406 e. The molecule has 36 heavy (non-hydrogen) atoms. The quantitative estimate of drug-likeness (QED) is 0.351. The van der Waals surface area contributed by atoms with Gasteiger partial charge in [0.15, 0.2) is 0 Å². The van der Waals surface area contributed by atoms with Gasteiger partial charge in [-0.3, -0.25) is 0 Å². The number of ether oxygens (including phenoxy) is 1. The van der Waals surface area contributed by atoms with Crippen molar-refractivity contribution in [3.8, 4) is 5.75 Å². The van der Waals surface area contributed by atoms with Gasteiger partial charge in [-0.1, -0.05) is 36.4 Å². The number of rotatable bonds is 5. The SMILES string of the molecule is CN=S(=O)(NC1CCCC(n2c3ccccc3c3ccccc32)C1O)c1ccc(OC(F)(F)F)cc1. The fraction of sp³-hybridized carbons (Fsp3) is 0.308. The summed E-state index contributed by atoms with van der Waals surface area (Å²) in [6.07, 6.45) is -3.57. The van der Waals surface area contributed by atoms with Crippen molar-refractivity contribution >= 4 is 31.7 Å². The normalized spacial score (nSPS) is 22.4. The Bertz CT molecular complexity index is 1450. The first-order valence-electron chi connectivity index (χ1n) is 11.6. The van der Waals surface area contributed by atoms with Gasteiger partial charge in [-0.2, -0.15) is 0 Å². The summed E-state index contributed by atoms with van der Waals surface area (Å²) < 4.78 is 64.4. The number of nitrogens with zero attached hydrogens (tertiary/aromatic N) is 2. The topological polar surface area (TPSA) is 75.9 Å². The molecule has 4 atom stereocenters. The highest BCUT2D eigenvalue weighted by atomic mass is 32.2. The molecule has 1 aliphatic carbocycles. The van der Waals surface area contributed by atoms with Crippen LogP contribution in [-0.2, 0) is 9.92 Å². The highest BCUT2D eigenvalue weighted by molar-refractivity contribution is 7.91. The molecule has 1 aromatic heterocycles. The van der Waals surface area contributed by atoms with Gasteiger partial charge in [-0.05, 0) is 55.7 Å². The molecule has 4 unspecified atom stereocenters. The van der Waals surface area contributed by atoms with E-state index in [4.69, 9.17) is 0 Å². The van der Waals surface area contributed by atoms with E-state index in [-0.39, 0.29) is 10.9 Å². The number of benzene rings is 3. The van der Waals surface area contributed by atoms with E-state index in [0.717, 1.165) is 46.8 Å². The molecule has 1 aliphatic rings. The summed E-state index contributed by atoms with van der Waals surface area (Å²) in [5.41, 5.74) is 2.04. The molecule has 0 spiro atoms. The lowest BCUT2D eigenvalue weighted by Gasteiger charge is -2.37. The standard InChI is InChI=1S/C26H26F3N3O3S/c1-30-36(34,18-15-13-17(14-16-18)35-26(27,28)29)31-21-9-6-12-24(25(21)33)32-22-10-4-2-7-19(22)20-8-3-5-11-23(20)32/h2-5,7-8,10-11,13-16,21,24-25,33H,6,9,12H2,1H3,(H,30,31,34). The van der Waals surface area contributed by atoms with Crippen molar-refractivity contribution in [2.24, 2.45) is 4.36 Å². The Morgan fingerprint density at radius 3 is 2.11 bits per heavy atom. The van der Waals surface area contributed by atoms with Gasteiger partial charge in [-0.25, -0.2) is 13.3 Å². The Balaban J connectivity index is 1.45. The molecule has 0 aliphatic heterocycles. The zero-order valence-electron chi connectivity index (χ0n) is 19.5. The summed E-state index contributed by atoms with van der Waals surface area (Å²) >= 11 is 0. The van der Waals surface area contributed by atoms with Crippen LogP contribution in [0.4, 0.5) is 13.2 Å². The Hall–Kier alpha value is -3.08. The van der Waals surface area contributed by atoms with Crippen LogP contribution in [0.2, 0.25) is 0 Å². The maximum atomic E-state index is 13.7. The number of alkyl halides is 3. The molecule has 4 aromatic rings. The Morgan fingerprint density at radius 1 is 0.972 bits per heavy atom. The Morgan fingerprint density at radius 2 is 1.56 bits per heavy atom. The van der Waals surface area contributed by atoms with Crippen molar-refractivity contribution in [2.45, 2.75) is 48.7 Å². The molecule has 190 valence electrons. The summed E-state index contributed by atoms with van der Waals surface area (Å²) in [4.78, 5) is 0.214. The number of aliphatic hydroxyl groups excluding tert-OH is 1. The van der Waals surface area contributed by atoms with Gasteiger partial charge in [0.05, 0.1) is 17.0 Å². The summed E-state index contributed by atoms with van der Waals surface area (Å²) in [5, 5.41) is 13.7. The molecule has 6 nitrogen and oxygen atoms in total. The van der Waals surface area contributed by atoms with E-state index in [1.807, 2.05) is 36.4 Å². The van der Waals surface area contributed by atoms with E-state index in [1.54, 1.807) is 0 Å². The van der Waals surface area contributed by atoms with E-state index in [0.29, 0.717) is 6.42 Å². The van der Waals surface area contributed by atoms with Crippen molar-refractivity contribution in [1.82, 2.24) is 9.29 Å². The molecule has 0 bridgehead atoms. The maximum Gasteiger partial charge on any atom is 0.573 e. The van der Waals surface area contributed by atoms with Crippen LogP contribution in [-0.4, -0.2) is 39.4 Å². The fourth-order valence-electron chi connectivity index (χ4n) is 5.13. The van der Waals surface area contributed by atoms with E-state index in [1.165, 1.54) is 19.2 Å². The second-order valence-corrected chi connectivity index (χ2v) is 11.0. The average Bonchev–Trinajstić information content (AvgIpc) is 3.19. The van der Waals surface area contributed by atoms with Gasteiger partial charge in [0.25, 0.3) is 0 Å². The van der Waals surface area contributed by atoms with Crippen LogP contribution in [0.1, 0.15) is 25.3 Å². The van der Waals surface area contributed by atoms with Gasteiger partial charge in [-0.15, -0.1) is 13.2 Å². The predicted molar refractivity (Wildman–Crippen MR) is 133 cm³/mol. The molecule has 3 aromatic carbocycles. The second kappa shape index (κ2) is 9.42. The first-order valence-corrected chi connectivity index (χ1v) is 13.2. The molecule has 10 heteroatoms. The van der Waals surface area contributed by atoms with Gasteiger partial charge in [0.2, 0.25) is 0 Å². The van der Waals surface area contributed by atoms with Gasteiger partial charge in [0.1, 0.15) is 15.7 Å². The molecule has 2 N–H and O–H groups in total. The molecule has 0 amide bonds. The summed E-state index contributed by atoms with van der Waals surface area (Å²) in [7, 11) is -1.82. The lowest BCUT2D eigenvalue weighted by atomic mass is 9.88. The zero-order chi connectivity index (χ0) is 25.5. The largest absolute Gasteiger partial charge is 0.573 e. The molecular formula is C26H26F3N3O3S. The number of para-hydroxylation sites is 2. The lowest BCUT2D eigenvalue weighted by molar-refractivity contribution is -0.274. The summed E-state index contributed by atoms with van der Waals surface area (Å²) in [5.74, 6) is -0.409. The third-order valence-corrected chi connectivity index (χ3v) is 8.76. The van der Waals surface area contributed by atoms with Gasteiger partial charge >= 0.3 is 6.36 Å². The Labute approximate surface area is 207 Å². The first-order chi connectivity index (χ1) is 17.2. The molecule has 1 heterocycles. The van der Waals surface area contributed by atoms with Crippen molar-refractivity contribution in [3.05, 3.63) is 72.8 Å². The van der Waals surface area contributed by atoms with Crippen LogP contribution in [0.25, 0.3) is 21.8 Å². The monoisotopic (exact) mass is 517 g/mol. The van der Waals surface area contributed by atoms with Crippen molar-refractivity contribution in [2.75, 3.05) is 7.05 Å². The predicted octanol–water partition coefficient (Wildman–Crippen LogP) is 5.81. The van der Waals surface area contributed by atoms with Crippen LogP contribution < -0.4 is 9.46 Å². The van der Waals surface area contributed by atoms with Crippen LogP contribution in [0, 0.1) is 0 Å². The summed E-state index contributed by atoms with van der Waals surface area (Å²) in [6.45, 7) is 0. The molecular weight excluding hydrogens is 491 g/mol. The minimum atomic E-state index is -4.82. The van der Waals surface area contributed by atoms with Crippen LogP contribution in [0.5, 0.6) is 5.75 Å². The molecule has 0 saturated heterocycles. The van der Waals surface area contributed by atoms with Gasteiger partial charge < -0.3 is 14.4 Å². The van der Waals surface area contributed by atoms with Crippen molar-refractivity contribution in [1.29, 1.82) is 0 Å². The average molecular weight is 518 g/mol. The fourth-order valence-corrected chi connectivity index (χ4v) is 6.76. The number of fused-ring (bicyclic) bond motifs is 3. The van der Waals surface area contributed by atoms with E-state index in [9.17, 15) is 22.5 Å². The third kappa shape index (κ3) is 4.56. The van der Waals surface area contributed by atoms with Crippen molar-refractivity contribution < 1.29 is 27.2 Å². The van der Waals surface area contributed by atoms with Crippen LogP contribution in [0.3, 0.4) is 0 Å². The lowest BCUT2D eigenvalue weighted by Crippen LogP contribution is -2.49. The Kier molecular flexibility index (Phi) is 6.44. The van der Waals surface area contributed by atoms with E-state index in [2.05, 4.69) is 30.5 Å². The van der Waals surface area contributed by atoms with Crippen LogP contribution in [0.15, 0.2) is 82.1 Å². The molecule has 1 fully saturated rings. The summed E-state index contributed by atoms with van der Waals surface area (Å²) in [6, 6.07) is 20.1. The molecule has 1 saturated carbocycles. The minimum Gasteiger partial charge on any atom is -0.406 e. The molecule has 5 rings (SSSR count). The number of halogens is 3. The van der Waals surface area contributed by atoms with Crippen molar-refractivity contribution in [3.63, 3.8) is 0 Å². The highest BCUT2D eigenvalue weighted by Gasteiger charge is 2.36. The number of hydrogen-bond acceptors (Lipinski definition) is 4. The minimum absolute atomic E-state index is 0.214. The number of hydrogen-bond donors (Lipinski definition) is 2. The van der Waals surface area contributed by atoms with Crippen LogP contribution >= 0.6 is 0 Å². The first kappa shape index (κ1) is 24.6. The van der Waals surface area contributed by atoms with Gasteiger partial charge in [0, 0.05) is 34.9 Å². The second-order valence-electron chi connectivity index (χ2n) is 8.85. The number of aromatic nitrogens is 1. The number of aliphatic hydroxyl groups is 1. The maximum absolute atomic E-state index is 13.7. The third-order valence-electron chi connectivity index (χ3n) is 6.72. The highest BCUT2D eigenvalue weighted by Crippen LogP contribution is 2.38. The van der Waals surface area contributed by atoms with E-state index < -0.39 is 34.2 Å². The number of nitrogens with one attached hydrogen (secondary N) is 1. The molecule has 0 radical (unpaired) electrons. The van der Waals surface area contributed by atoms with E-state index >= 15 is 0 Å². The zero-order valence-corrected chi connectivity index (χ0v) is 20.3.